The van der Waals surface area contributed by atoms with Gasteiger partial charge in [-0.25, -0.2) is 0 Å². The van der Waals surface area contributed by atoms with Gasteiger partial charge in [0.15, 0.2) is 0 Å². The predicted molar refractivity (Wildman–Crippen MR) is 67.8 cm³/mol. The second-order valence-electron chi connectivity index (χ2n) is 5.12. The summed E-state index contributed by atoms with van der Waals surface area (Å²) in [5, 5.41) is 0. The molecule has 0 spiro atoms. The van der Waals surface area contributed by atoms with Gasteiger partial charge in [0, 0.05) is 20.5 Å². The fourth-order valence-corrected chi connectivity index (χ4v) is 1.97. The van der Waals surface area contributed by atoms with Crippen LogP contribution in [0.1, 0.15) is 19.3 Å². The number of halogens is 3. The zero-order valence-electron chi connectivity index (χ0n) is 11.6. The van der Waals surface area contributed by atoms with Crippen molar-refractivity contribution in [1.29, 1.82) is 0 Å². The van der Waals surface area contributed by atoms with E-state index in [1.165, 1.54) is 19.0 Å². The highest BCUT2D eigenvalue weighted by Crippen LogP contribution is 2.23. The number of hydrogen-bond acceptors (Lipinski definition) is 2. The van der Waals surface area contributed by atoms with E-state index in [1.54, 1.807) is 0 Å². The van der Waals surface area contributed by atoms with Crippen LogP contribution in [0.3, 0.4) is 0 Å². The van der Waals surface area contributed by atoms with Crippen LogP contribution in [0.25, 0.3) is 0 Å². The third kappa shape index (κ3) is 5.63. The summed E-state index contributed by atoms with van der Waals surface area (Å²) in [6, 6.07) is 0. The average Bonchev–Trinajstić information content (AvgIpc) is 2.78. The Morgan fingerprint density at radius 1 is 1.25 bits per heavy atom. The van der Waals surface area contributed by atoms with Gasteiger partial charge in [0.25, 0.3) is 0 Å². The highest BCUT2D eigenvalue weighted by molar-refractivity contribution is 5.84. The van der Waals surface area contributed by atoms with Gasteiger partial charge >= 0.3 is 6.18 Å². The Balaban J connectivity index is 2.67. The summed E-state index contributed by atoms with van der Waals surface area (Å²) < 4.78 is 37.5. The van der Waals surface area contributed by atoms with E-state index in [0.717, 1.165) is 12.8 Å². The molecular formula is C13H19F3N2O2. The number of alkyl halides is 3. The highest BCUT2D eigenvalue weighted by atomic mass is 19.4. The molecule has 114 valence electrons. The number of rotatable bonds is 5. The summed E-state index contributed by atoms with van der Waals surface area (Å²) in [6.07, 6.45) is 0.885. The van der Waals surface area contributed by atoms with E-state index in [0.29, 0.717) is 4.90 Å². The van der Waals surface area contributed by atoms with Crippen molar-refractivity contribution < 1.29 is 22.8 Å². The largest absolute Gasteiger partial charge is 0.406 e. The molecule has 0 saturated heterocycles. The third-order valence-electron chi connectivity index (χ3n) is 3.10. The van der Waals surface area contributed by atoms with Gasteiger partial charge in [-0.15, -0.1) is 0 Å². The molecule has 0 heterocycles. The first kappa shape index (κ1) is 16.5. The number of carbonyl (C=O) groups excluding carboxylic acids is 2. The molecule has 0 aromatic rings. The monoisotopic (exact) mass is 292 g/mol. The fourth-order valence-electron chi connectivity index (χ4n) is 1.97. The van der Waals surface area contributed by atoms with Gasteiger partial charge in [0.2, 0.25) is 11.8 Å². The normalized spacial score (nSPS) is 18.1. The molecule has 0 radical (unpaired) electrons. The van der Waals surface area contributed by atoms with E-state index in [-0.39, 0.29) is 12.3 Å². The maximum absolute atomic E-state index is 12.5. The molecule has 4 nitrogen and oxygen atoms in total. The summed E-state index contributed by atoms with van der Waals surface area (Å²) in [5.74, 6) is -1.17. The molecule has 0 aliphatic heterocycles. The first-order valence-corrected chi connectivity index (χ1v) is 6.40. The van der Waals surface area contributed by atoms with Crippen molar-refractivity contribution in [3.63, 3.8) is 0 Å². The minimum atomic E-state index is -4.51. The van der Waals surface area contributed by atoms with Crippen molar-refractivity contribution in [3.05, 3.63) is 12.2 Å². The van der Waals surface area contributed by atoms with Crippen LogP contribution in [0.15, 0.2) is 12.2 Å². The van der Waals surface area contributed by atoms with Gasteiger partial charge in [-0.1, -0.05) is 12.2 Å². The minimum absolute atomic E-state index is 0.0207. The van der Waals surface area contributed by atoms with Crippen LogP contribution >= 0.6 is 0 Å². The summed E-state index contributed by atoms with van der Waals surface area (Å²) in [6.45, 7) is -1.93. The lowest BCUT2D eigenvalue weighted by molar-refractivity contribution is -0.164. The molecule has 0 fully saturated rings. The van der Waals surface area contributed by atoms with Crippen LogP contribution < -0.4 is 0 Å². The Morgan fingerprint density at radius 3 is 2.35 bits per heavy atom. The van der Waals surface area contributed by atoms with Crippen LogP contribution in [0.4, 0.5) is 13.2 Å². The fraction of sp³-hybridized carbons (Fsp3) is 0.692. The van der Waals surface area contributed by atoms with E-state index >= 15 is 0 Å². The molecule has 0 aromatic carbocycles. The number of amides is 2. The van der Waals surface area contributed by atoms with Gasteiger partial charge in [-0.3, -0.25) is 9.59 Å². The molecule has 0 aromatic heterocycles. The Kier molecular flexibility index (Phi) is 5.59. The third-order valence-corrected chi connectivity index (χ3v) is 3.10. The Hall–Kier alpha value is -1.53. The van der Waals surface area contributed by atoms with Crippen molar-refractivity contribution in [2.75, 3.05) is 27.2 Å². The molecule has 0 bridgehead atoms. The Labute approximate surface area is 116 Å². The Morgan fingerprint density at radius 2 is 1.90 bits per heavy atom. The number of nitrogens with zero attached hydrogens (tertiary/aromatic N) is 2. The van der Waals surface area contributed by atoms with Gasteiger partial charge in [-0.2, -0.15) is 13.2 Å². The molecule has 2 amide bonds. The first-order valence-electron chi connectivity index (χ1n) is 6.40. The predicted octanol–water partition coefficient (Wildman–Crippen LogP) is 1.82. The molecule has 1 atom stereocenters. The summed E-state index contributed by atoms with van der Waals surface area (Å²) in [7, 11) is 2.89. The SMILES string of the molecule is CN(C)C(=O)CN(CC(F)(F)F)C(=O)C[C@H]1C=CCC1. The van der Waals surface area contributed by atoms with Gasteiger partial charge in [0.1, 0.15) is 13.1 Å². The van der Waals surface area contributed by atoms with E-state index in [4.69, 9.17) is 0 Å². The topological polar surface area (TPSA) is 40.6 Å². The van der Waals surface area contributed by atoms with Crippen molar-refractivity contribution in [1.82, 2.24) is 9.80 Å². The number of hydrogen-bond donors (Lipinski definition) is 0. The molecule has 7 heteroatoms. The Bertz CT molecular complexity index is 392. The van der Waals surface area contributed by atoms with Crippen molar-refractivity contribution >= 4 is 11.8 Å². The molecular weight excluding hydrogens is 273 g/mol. The van der Waals surface area contributed by atoms with Crippen molar-refractivity contribution in [3.8, 4) is 0 Å². The van der Waals surface area contributed by atoms with E-state index < -0.39 is 31.1 Å². The number of carbonyl (C=O) groups is 2. The van der Waals surface area contributed by atoms with Crippen LogP contribution in [-0.4, -0.2) is 55.0 Å². The lowest BCUT2D eigenvalue weighted by Gasteiger charge is -2.25. The second-order valence-corrected chi connectivity index (χ2v) is 5.12. The maximum atomic E-state index is 12.5. The van der Waals surface area contributed by atoms with Crippen molar-refractivity contribution in [2.24, 2.45) is 5.92 Å². The van der Waals surface area contributed by atoms with Crippen molar-refractivity contribution in [2.45, 2.75) is 25.4 Å². The molecule has 0 unspecified atom stereocenters. The van der Waals surface area contributed by atoms with E-state index in [1.807, 2.05) is 12.2 Å². The highest BCUT2D eigenvalue weighted by Gasteiger charge is 2.34. The lowest BCUT2D eigenvalue weighted by atomic mass is 10.0. The number of likely N-dealkylation sites (N-methyl/N-ethyl adjacent to an activating group) is 1. The number of allylic oxidation sites excluding steroid dienone is 2. The molecule has 1 aliphatic rings. The summed E-state index contributed by atoms with van der Waals surface area (Å²) >= 11 is 0. The van der Waals surface area contributed by atoms with Crippen LogP contribution in [-0.2, 0) is 9.59 Å². The summed E-state index contributed by atoms with van der Waals surface area (Å²) in [4.78, 5) is 25.3. The van der Waals surface area contributed by atoms with E-state index in [2.05, 4.69) is 0 Å². The van der Waals surface area contributed by atoms with Gasteiger partial charge < -0.3 is 9.80 Å². The summed E-state index contributed by atoms with van der Waals surface area (Å²) in [5.41, 5.74) is 0. The van der Waals surface area contributed by atoms with E-state index in [9.17, 15) is 22.8 Å². The van der Waals surface area contributed by atoms with Crippen LogP contribution in [0.2, 0.25) is 0 Å². The first-order chi connectivity index (χ1) is 9.19. The van der Waals surface area contributed by atoms with Gasteiger partial charge in [0.05, 0.1) is 0 Å². The average molecular weight is 292 g/mol. The van der Waals surface area contributed by atoms with Crippen LogP contribution in [0, 0.1) is 5.92 Å². The minimum Gasteiger partial charge on any atom is -0.347 e. The lowest BCUT2D eigenvalue weighted by Crippen LogP contribution is -2.45. The maximum Gasteiger partial charge on any atom is 0.406 e. The molecule has 20 heavy (non-hydrogen) atoms. The standard InChI is InChI=1S/C13H19F3N2O2/c1-17(2)12(20)8-18(9-13(14,15)16)11(19)7-10-5-3-4-6-10/h3,5,10H,4,6-9H2,1-2H3/t10-/m0/s1. The molecule has 1 rings (SSSR count). The molecule has 1 aliphatic carbocycles. The second kappa shape index (κ2) is 6.76. The zero-order valence-corrected chi connectivity index (χ0v) is 11.6. The quantitative estimate of drug-likeness (QED) is 0.725. The molecule has 0 N–H and O–H groups in total. The van der Waals surface area contributed by atoms with Gasteiger partial charge in [-0.05, 0) is 18.8 Å². The zero-order chi connectivity index (χ0) is 15.3. The van der Waals surface area contributed by atoms with Crippen LogP contribution in [0.5, 0.6) is 0 Å². The molecule has 0 saturated carbocycles. The smallest absolute Gasteiger partial charge is 0.347 e.